The molecule has 0 aromatic heterocycles. The van der Waals surface area contributed by atoms with Crippen LogP contribution in [0.2, 0.25) is 0 Å². The highest BCUT2D eigenvalue weighted by atomic mass is 16.7. The van der Waals surface area contributed by atoms with Gasteiger partial charge in [0.1, 0.15) is 0 Å². The molecule has 1 heterocycles. The molecule has 1 aromatic carbocycles. The van der Waals surface area contributed by atoms with Crippen LogP contribution < -0.4 is 14.8 Å². The Morgan fingerprint density at radius 2 is 1.75 bits per heavy atom. The molecule has 1 aliphatic heterocycles. The van der Waals surface area contributed by atoms with Crippen LogP contribution in [0.5, 0.6) is 11.5 Å². The predicted molar refractivity (Wildman–Crippen MR) is 97.2 cm³/mol. The Hall–Kier alpha value is -1.97. The van der Waals surface area contributed by atoms with Crippen LogP contribution in [0.25, 0.3) is 6.08 Å². The van der Waals surface area contributed by atoms with Crippen LogP contribution in [0.15, 0.2) is 24.3 Å². The molecule has 0 fully saturated rings. The molecule has 0 aliphatic carbocycles. The zero-order valence-electron chi connectivity index (χ0n) is 14.7. The normalized spacial score (nSPS) is 12.7. The average molecular weight is 331 g/mol. The first-order valence-electron chi connectivity index (χ1n) is 9.15. The third kappa shape index (κ3) is 6.65. The predicted octanol–water partition coefficient (Wildman–Crippen LogP) is 4.69. The molecular weight excluding hydrogens is 302 g/mol. The molecule has 1 N–H and O–H groups in total. The number of nitrogens with one attached hydrogen (secondary N) is 1. The van der Waals surface area contributed by atoms with Crippen molar-refractivity contribution >= 4 is 12.0 Å². The van der Waals surface area contributed by atoms with Crippen LogP contribution in [0.4, 0.5) is 0 Å². The SMILES string of the molecule is CCCCCCCCCCNC(=O)C=Cc1ccc2c(c1)OCO2. The molecule has 24 heavy (non-hydrogen) atoms. The Balaban J connectivity index is 1.55. The molecule has 0 saturated heterocycles. The number of benzene rings is 1. The van der Waals surface area contributed by atoms with Gasteiger partial charge in [-0.05, 0) is 30.2 Å². The van der Waals surface area contributed by atoms with Crippen LogP contribution in [-0.2, 0) is 4.79 Å². The summed E-state index contributed by atoms with van der Waals surface area (Å²) in [5.74, 6) is 1.44. The van der Waals surface area contributed by atoms with E-state index in [1.54, 1.807) is 12.2 Å². The van der Waals surface area contributed by atoms with Gasteiger partial charge >= 0.3 is 0 Å². The molecular formula is C20H29NO3. The van der Waals surface area contributed by atoms with E-state index < -0.39 is 0 Å². The number of hydrogen-bond acceptors (Lipinski definition) is 3. The van der Waals surface area contributed by atoms with Crippen molar-refractivity contribution in [1.82, 2.24) is 5.32 Å². The van der Waals surface area contributed by atoms with Crippen molar-refractivity contribution in [2.24, 2.45) is 0 Å². The van der Waals surface area contributed by atoms with Crippen molar-refractivity contribution in [3.63, 3.8) is 0 Å². The van der Waals surface area contributed by atoms with Crippen LogP contribution >= 0.6 is 0 Å². The van der Waals surface area contributed by atoms with Crippen molar-refractivity contribution in [3.05, 3.63) is 29.8 Å². The zero-order chi connectivity index (χ0) is 17.0. The molecule has 2 rings (SSSR count). The summed E-state index contributed by atoms with van der Waals surface area (Å²) in [7, 11) is 0. The lowest BCUT2D eigenvalue weighted by Crippen LogP contribution is -2.21. The van der Waals surface area contributed by atoms with Gasteiger partial charge in [0.15, 0.2) is 11.5 Å². The molecule has 0 radical (unpaired) electrons. The lowest BCUT2D eigenvalue weighted by atomic mass is 10.1. The number of rotatable bonds is 11. The highest BCUT2D eigenvalue weighted by Crippen LogP contribution is 2.32. The van der Waals surface area contributed by atoms with Crippen LogP contribution in [0, 0.1) is 0 Å². The number of amides is 1. The van der Waals surface area contributed by atoms with Crippen LogP contribution in [0.1, 0.15) is 63.9 Å². The maximum absolute atomic E-state index is 11.8. The Bertz CT molecular complexity index is 540. The molecule has 1 aromatic rings. The highest BCUT2D eigenvalue weighted by molar-refractivity contribution is 5.91. The van der Waals surface area contributed by atoms with E-state index in [1.165, 1.54) is 44.9 Å². The fraction of sp³-hybridized carbons (Fsp3) is 0.550. The minimum Gasteiger partial charge on any atom is -0.454 e. The summed E-state index contributed by atoms with van der Waals surface area (Å²) in [6.45, 7) is 3.25. The Labute approximate surface area is 145 Å². The van der Waals surface area contributed by atoms with Crippen molar-refractivity contribution in [1.29, 1.82) is 0 Å². The monoisotopic (exact) mass is 331 g/mol. The summed E-state index contributed by atoms with van der Waals surface area (Å²) in [6, 6.07) is 5.65. The van der Waals surface area contributed by atoms with E-state index in [1.807, 2.05) is 18.2 Å². The molecule has 0 spiro atoms. The maximum Gasteiger partial charge on any atom is 0.243 e. The van der Waals surface area contributed by atoms with Gasteiger partial charge < -0.3 is 14.8 Å². The summed E-state index contributed by atoms with van der Waals surface area (Å²) in [6.07, 6.45) is 13.6. The number of carbonyl (C=O) groups is 1. The van der Waals surface area contributed by atoms with Gasteiger partial charge in [-0.3, -0.25) is 4.79 Å². The smallest absolute Gasteiger partial charge is 0.243 e. The van der Waals surface area contributed by atoms with E-state index in [0.29, 0.717) is 0 Å². The highest BCUT2D eigenvalue weighted by Gasteiger charge is 2.12. The largest absolute Gasteiger partial charge is 0.454 e. The van der Waals surface area contributed by atoms with Crippen LogP contribution in [0.3, 0.4) is 0 Å². The van der Waals surface area contributed by atoms with E-state index in [0.717, 1.165) is 30.0 Å². The summed E-state index contributed by atoms with van der Waals surface area (Å²) in [4.78, 5) is 11.8. The number of ether oxygens (including phenoxy) is 2. The molecule has 0 unspecified atom stereocenters. The number of fused-ring (bicyclic) bond motifs is 1. The van der Waals surface area contributed by atoms with Gasteiger partial charge in [0.05, 0.1) is 0 Å². The van der Waals surface area contributed by atoms with Gasteiger partial charge in [0.2, 0.25) is 12.7 Å². The maximum atomic E-state index is 11.8. The van der Waals surface area contributed by atoms with Crippen molar-refractivity contribution in [2.45, 2.75) is 58.3 Å². The van der Waals surface area contributed by atoms with E-state index in [-0.39, 0.29) is 12.7 Å². The fourth-order valence-corrected chi connectivity index (χ4v) is 2.72. The first-order chi connectivity index (χ1) is 11.8. The molecule has 1 aliphatic rings. The molecule has 4 heteroatoms. The third-order valence-corrected chi connectivity index (χ3v) is 4.15. The molecule has 4 nitrogen and oxygen atoms in total. The molecule has 1 amide bonds. The topological polar surface area (TPSA) is 47.6 Å². The number of unbranched alkanes of at least 4 members (excludes halogenated alkanes) is 7. The molecule has 0 saturated carbocycles. The van der Waals surface area contributed by atoms with Gasteiger partial charge in [-0.15, -0.1) is 0 Å². The van der Waals surface area contributed by atoms with Crippen molar-refractivity contribution < 1.29 is 14.3 Å². The Kier molecular flexibility index (Phi) is 8.22. The second-order valence-corrected chi connectivity index (χ2v) is 6.21. The van der Waals surface area contributed by atoms with Gasteiger partial charge in [-0.2, -0.15) is 0 Å². The fourth-order valence-electron chi connectivity index (χ4n) is 2.72. The third-order valence-electron chi connectivity index (χ3n) is 4.15. The molecule has 132 valence electrons. The number of hydrogen-bond donors (Lipinski definition) is 1. The first kappa shape index (κ1) is 18.4. The van der Waals surface area contributed by atoms with E-state index in [9.17, 15) is 4.79 Å². The van der Waals surface area contributed by atoms with Gasteiger partial charge in [-0.25, -0.2) is 0 Å². The van der Waals surface area contributed by atoms with E-state index in [2.05, 4.69) is 12.2 Å². The molecule has 0 atom stereocenters. The Morgan fingerprint density at radius 1 is 1.04 bits per heavy atom. The van der Waals surface area contributed by atoms with Crippen LogP contribution in [-0.4, -0.2) is 19.2 Å². The summed E-state index contributed by atoms with van der Waals surface area (Å²) >= 11 is 0. The summed E-state index contributed by atoms with van der Waals surface area (Å²) in [5.41, 5.74) is 0.932. The number of carbonyl (C=O) groups excluding carboxylic acids is 1. The van der Waals surface area contributed by atoms with Gasteiger partial charge in [-0.1, -0.05) is 57.9 Å². The second-order valence-electron chi connectivity index (χ2n) is 6.21. The van der Waals surface area contributed by atoms with E-state index in [4.69, 9.17) is 9.47 Å². The average Bonchev–Trinajstić information content (AvgIpc) is 3.06. The summed E-state index contributed by atoms with van der Waals surface area (Å²) < 4.78 is 10.6. The second kappa shape index (κ2) is 10.7. The zero-order valence-corrected chi connectivity index (χ0v) is 14.7. The summed E-state index contributed by atoms with van der Waals surface area (Å²) in [5, 5.41) is 2.93. The molecule has 0 bridgehead atoms. The minimum atomic E-state index is -0.0457. The van der Waals surface area contributed by atoms with Gasteiger partial charge in [0.25, 0.3) is 0 Å². The lowest BCUT2D eigenvalue weighted by Gasteiger charge is -2.03. The first-order valence-corrected chi connectivity index (χ1v) is 9.15. The lowest BCUT2D eigenvalue weighted by molar-refractivity contribution is -0.116. The van der Waals surface area contributed by atoms with Gasteiger partial charge in [0, 0.05) is 12.6 Å². The Morgan fingerprint density at radius 3 is 2.54 bits per heavy atom. The van der Waals surface area contributed by atoms with E-state index >= 15 is 0 Å². The van der Waals surface area contributed by atoms with Crippen molar-refractivity contribution in [2.75, 3.05) is 13.3 Å². The minimum absolute atomic E-state index is 0.0457. The van der Waals surface area contributed by atoms with Crippen molar-refractivity contribution in [3.8, 4) is 11.5 Å². The quantitative estimate of drug-likeness (QED) is 0.473. The standard InChI is InChI=1S/C20H29NO3/c1-2-3-4-5-6-7-8-9-14-21-20(22)13-11-17-10-12-18-19(15-17)24-16-23-18/h10-13,15H,2-9,14,16H2,1H3,(H,21,22).